The average molecular weight is 411 g/mol. The van der Waals surface area contributed by atoms with Gasteiger partial charge in [-0.15, -0.1) is 0 Å². The fraction of sp³-hybridized carbons (Fsp3) is 0.348. The smallest absolute Gasteiger partial charge is 0.240 e. The van der Waals surface area contributed by atoms with Gasteiger partial charge in [0.1, 0.15) is 5.82 Å². The Hall–Kier alpha value is -2.15. The highest BCUT2D eigenvalue weighted by Gasteiger charge is 2.46. The third kappa shape index (κ3) is 4.10. The van der Waals surface area contributed by atoms with E-state index in [0.717, 1.165) is 53.5 Å². The van der Waals surface area contributed by atoms with E-state index in [1.54, 1.807) is 6.20 Å². The Kier molecular flexibility index (Phi) is 5.16. The number of hydrogen-bond acceptors (Lipinski definition) is 4. The summed E-state index contributed by atoms with van der Waals surface area (Å²) in [5.41, 5.74) is 3.13. The Morgan fingerprint density at radius 2 is 1.76 bits per heavy atom. The topological polar surface area (TPSA) is 48.4 Å². The molecule has 0 bridgehead atoms. The molecule has 1 unspecified atom stereocenters. The van der Waals surface area contributed by atoms with Crippen LogP contribution >= 0.6 is 0 Å². The van der Waals surface area contributed by atoms with Crippen molar-refractivity contribution < 1.29 is 8.94 Å². The van der Waals surface area contributed by atoms with Gasteiger partial charge in [0.15, 0.2) is 5.25 Å². The van der Waals surface area contributed by atoms with Crippen LogP contribution in [0.1, 0.15) is 25.7 Å². The molecule has 1 saturated carbocycles. The van der Waals surface area contributed by atoms with Gasteiger partial charge in [0.25, 0.3) is 0 Å². The number of aromatic nitrogens is 1. The van der Waals surface area contributed by atoms with Gasteiger partial charge in [0, 0.05) is 55.4 Å². The summed E-state index contributed by atoms with van der Waals surface area (Å²) in [4.78, 5) is 4.31. The molecule has 2 heterocycles. The summed E-state index contributed by atoms with van der Waals surface area (Å²) in [6.07, 6.45) is 8.08. The molecular formula is C23H25FN3OS+. The number of anilines is 1. The molecule has 1 atom stereocenters. The summed E-state index contributed by atoms with van der Waals surface area (Å²) in [5, 5.41) is 6.46. The van der Waals surface area contributed by atoms with Crippen LogP contribution in [0.25, 0.3) is 21.9 Å². The summed E-state index contributed by atoms with van der Waals surface area (Å²) in [5.74, 6) is -0.224. The van der Waals surface area contributed by atoms with Crippen LogP contribution in [0.2, 0.25) is 0 Å². The minimum Gasteiger partial charge on any atom is -0.382 e. The Balaban J connectivity index is 1.38. The van der Waals surface area contributed by atoms with Crippen LogP contribution in [0.15, 0.2) is 54.9 Å². The molecule has 2 N–H and O–H groups in total. The molecule has 2 aliphatic rings. The molecule has 0 radical (unpaired) electrons. The lowest BCUT2D eigenvalue weighted by atomic mass is 9.99. The number of halogens is 1. The number of fused-ring (bicyclic) bond motifs is 1. The molecule has 5 rings (SSSR count). The number of hydrogen-bond donors (Lipinski definition) is 2. The van der Waals surface area contributed by atoms with E-state index in [0.29, 0.717) is 11.3 Å². The van der Waals surface area contributed by atoms with E-state index >= 15 is 0 Å². The van der Waals surface area contributed by atoms with Gasteiger partial charge in [-0.25, -0.2) is 4.39 Å². The minimum atomic E-state index is -0.546. The third-order valence-electron chi connectivity index (χ3n) is 5.83. The Morgan fingerprint density at radius 3 is 2.48 bits per heavy atom. The van der Waals surface area contributed by atoms with E-state index in [9.17, 15) is 8.94 Å². The molecular weight excluding hydrogens is 385 g/mol. The highest BCUT2D eigenvalue weighted by atomic mass is 32.2. The van der Waals surface area contributed by atoms with Gasteiger partial charge in [-0.05, 0) is 59.7 Å². The fourth-order valence-corrected chi connectivity index (χ4v) is 5.59. The van der Waals surface area contributed by atoms with Crippen LogP contribution in [-0.4, -0.2) is 38.2 Å². The molecule has 1 saturated heterocycles. The van der Waals surface area contributed by atoms with Gasteiger partial charge < -0.3 is 5.32 Å². The second-order valence-corrected chi connectivity index (χ2v) is 9.73. The third-order valence-corrected chi connectivity index (χ3v) is 7.80. The standard InChI is InChI=1S/C23H25FN3OS/c24-19-3-1-16(2-4-19)18-13-17-7-10-25-15-22(17)23(14-18)26-20-8-11-27(12-9-20)29(28)21-5-6-21/h1-4,7,10,13-15,20-21,26,28H,5-6,8-9,11-12H2/q+1. The van der Waals surface area contributed by atoms with E-state index in [2.05, 4.69) is 26.7 Å². The normalized spacial score (nSPS) is 19.4. The van der Waals surface area contributed by atoms with Crippen LogP contribution in [-0.2, 0) is 11.4 Å². The summed E-state index contributed by atoms with van der Waals surface area (Å²) < 4.78 is 26.0. The lowest BCUT2D eigenvalue weighted by Crippen LogP contribution is -2.43. The maximum absolute atomic E-state index is 13.3. The highest BCUT2D eigenvalue weighted by Crippen LogP contribution is 2.34. The predicted octanol–water partition coefficient (Wildman–Crippen LogP) is 5.09. The van der Waals surface area contributed by atoms with E-state index in [1.165, 1.54) is 25.0 Å². The molecule has 0 amide bonds. The monoisotopic (exact) mass is 410 g/mol. The van der Waals surface area contributed by atoms with Crippen molar-refractivity contribution in [1.82, 2.24) is 9.29 Å². The van der Waals surface area contributed by atoms with Crippen molar-refractivity contribution in [2.75, 3.05) is 18.4 Å². The van der Waals surface area contributed by atoms with Gasteiger partial charge in [-0.3, -0.25) is 4.98 Å². The Labute approximate surface area is 173 Å². The molecule has 6 heteroatoms. The molecule has 1 aliphatic heterocycles. The number of piperidine rings is 1. The summed E-state index contributed by atoms with van der Waals surface area (Å²) in [7, 11) is 0. The predicted molar refractivity (Wildman–Crippen MR) is 118 cm³/mol. The molecule has 2 fully saturated rings. The van der Waals surface area contributed by atoms with Crippen LogP contribution in [0.3, 0.4) is 0 Å². The van der Waals surface area contributed by atoms with Crippen LogP contribution in [0.5, 0.6) is 0 Å². The second kappa shape index (κ2) is 7.94. The number of pyridine rings is 1. The van der Waals surface area contributed by atoms with E-state index in [4.69, 9.17) is 0 Å². The van der Waals surface area contributed by atoms with Gasteiger partial charge >= 0.3 is 0 Å². The molecule has 150 valence electrons. The Morgan fingerprint density at radius 1 is 1.00 bits per heavy atom. The summed E-state index contributed by atoms with van der Waals surface area (Å²) in [6, 6.07) is 13.3. The van der Waals surface area contributed by atoms with Crippen molar-refractivity contribution in [1.29, 1.82) is 0 Å². The zero-order valence-corrected chi connectivity index (χ0v) is 17.0. The first-order valence-corrected chi connectivity index (χ1v) is 11.4. The lowest BCUT2D eigenvalue weighted by Gasteiger charge is -2.29. The van der Waals surface area contributed by atoms with Crippen LogP contribution < -0.4 is 5.32 Å². The SMILES string of the molecule is O[S+](C1CC1)N1CCC(Nc2cc(-c3ccc(F)cc3)cc3ccncc23)CC1. The van der Waals surface area contributed by atoms with Crippen LogP contribution in [0, 0.1) is 5.82 Å². The first kappa shape index (κ1) is 18.9. The first-order valence-electron chi connectivity index (χ1n) is 10.2. The van der Waals surface area contributed by atoms with E-state index in [-0.39, 0.29) is 5.82 Å². The van der Waals surface area contributed by atoms with Crippen molar-refractivity contribution in [3.8, 4) is 11.1 Å². The van der Waals surface area contributed by atoms with Crippen molar-refractivity contribution in [2.45, 2.75) is 37.0 Å². The zero-order chi connectivity index (χ0) is 19.8. The molecule has 29 heavy (non-hydrogen) atoms. The fourth-order valence-electron chi connectivity index (χ4n) is 4.02. The minimum absolute atomic E-state index is 0.224. The average Bonchev–Trinajstić information content (AvgIpc) is 3.60. The maximum atomic E-state index is 13.3. The number of rotatable bonds is 5. The summed E-state index contributed by atoms with van der Waals surface area (Å²) >= 11 is -0.546. The molecule has 3 aromatic rings. The van der Waals surface area contributed by atoms with Crippen molar-refractivity contribution in [3.63, 3.8) is 0 Å². The van der Waals surface area contributed by atoms with Crippen LogP contribution in [0.4, 0.5) is 10.1 Å². The molecule has 1 aliphatic carbocycles. The van der Waals surface area contributed by atoms with Crippen molar-refractivity contribution >= 4 is 27.8 Å². The van der Waals surface area contributed by atoms with Gasteiger partial charge in [0.05, 0.1) is 0 Å². The highest BCUT2D eigenvalue weighted by molar-refractivity contribution is 7.90. The van der Waals surface area contributed by atoms with Crippen molar-refractivity contribution in [2.24, 2.45) is 0 Å². The number of benzene rings is 2. The molecule has 4 nitrogen and oxygen atoms in total. The van der Waals surface area contributed by atoms with Gasteiger partial charge in [0.2, 0.25) is 11.4 Å². The molecule has 2 aromatic carbocycles. The van der Waals surface area contributed by atoms with Gasteiger partial charge in [-0.1, -0.05) is 16.4 Å². The van der Waals surface area contributed by atoms with Crippen molar-refractivity contribution in [3.05, 3.63) is 60.7 Å². The lowest BCUT2D eigenvalue weighted by molar-refractivity contribution is 0.333. The zero-order valence-electron chi connectivity index (χ0n) is 16.2. The molecule has 0 spiro atoms. The second-order valence-electron chi connectivity index (χ2n) is 7.97. The summed E-state index contributed by atoms with van der Waals surface area (Å²) in [6.45, 7) is 1.86. The largest absolute Gasteiger partial charge is 0.382 e. The van der Waals surface area contributed by atoms with E-state index in [1.807, 2.05) is 24.4 Å². The first-order chi connectivity index (χ1) is 14.2. The van der Waals surface area contributed by atoms with Gasteiger partial charge in [-0.2, -0.15) is 4.55 Å². The Bertz CT molecular complexity index is 1000. The molecule has 1 aromatic heterocycles. The maximum Gasteiger partial charge on any atom is 0.240 e. The number of nitrogens with one attached hydrogen (secondary N) is 1. The number of nitrogens with zero attached hydrogens (tertiary/aromatic N) is 2. The van der Waals surface area contributed by atoms with E-state index < -0.39 is 11.4 Å². The quantitative estimate of drug-likeness (QED) is 0.576.